The molecule has 0 atom stereocenters. The van der Waals surface area contributed by atoms with Crippen molar-refractivity contribution in [3.8, 4) is 0 Å². The Morgan fingerprint density at radius 2 is 2.00 bits per heavy atom. The van der Waals surface area contributed by atoms with E-state index in [4.69, 9.17) is 11.7 Å². The lowest BCUT2D eigenvalue weighted by atomic mass is 9.62. The van der Waals surface area contributed by atoms with Crippen molar-refractivity contribution in [2.45, 2.75) is 6.92 Å². The molecule has 80 valence electrons. The van der Waals surface area contributed by atoms with Crippen molar-refractivity contribution < 1.29 is 14.3 Å². The summed E-state index contributed by atoms with van der Waals surface area (Å²) in [4.78, 5) is 14.0. The van der Waals surface area contributed by atoms with Crippen molar-refractivity contribution >= 4 is 18.7 Å². The van der Waals surface area contributed by atoms with Crippen LogP contribution >= 0.6 is 0 Å². The molecule has 0 bridgehead atoms. The number of carboxylic acid groups (broad SMARTS) is 1. The second-order valence-corrected chi connectivity index (χ2v) is 3.28. The van der Waals surface area contributed by atoms with E-state index in [-0.39, 0.29) is 24.3 Å². The van der Waals surface area contributed by atoms with Gasteiger partial charge in [-0.2, -0.15) is 0 Å². The highest BCUT2D eigenvalue weighted by atomic mass is 19.1. The Bertz CT molecular complexity index is 474. The summed E-state index contributed by atoms with van der Waals surface area (Å²) in [6, 6.07) is 5.55. The third-order valence-electron chi connectivity index (χ3n) is 2.16. The minimum Gasteiger partial charge on any atom is -0.479 e. The Labute approximate surface area is 93.3 Å². The Morgan fingerprint density at radius 1 is 1.44 bits per heavy atom. The minimum absolute atomic E-state index is 0.0432. The van der Waals surface area contributed by atoms with E-state index in [1.54, 1.807) is 0 Å². The van der Waals surface area contributed by atoms with Gasteiger partial charge in [-0.15, -0.1) is 0 Å². The van der Waals surface area contributed by atoms with Crippen LogP contribution in [0.5, 0.6) is 0 Å². The predicted molar refractivity (Wildman–Crippen MR) is 60.1 cm³/mol. The van der Waals surface area contributed by atoms with E-state index in [1.165, 1.54) is 31.2 Å². The molecular formula is C11H9BFNO2. The fraction of sp³-hybridized carbons (Fsp3) is 0.0909. The third-order valence-corrected chi connectivity index (χ3v) is 2.16. The molecule has 16 heavy (non-hydrogen) atoms. The number of carboxylic acids is 1. The molecule has 0 aliphatic heterocycles. The molecule has 5 heteroatoms. The van der Waals surface area contributed by atoms with E-state index < -0.39 is 5.97 Å². The second-order valence-electron chi connectivity index (χ2n) is 3.28. The number of nitrogens with zero attached hydrogens (tertiary/aromatic N) is 1. The first-order valence-corrected chi connectivity index (χ1v) is 4.59. The van der Waals surface area contributed by atoms with Gasteiger partial charge in [0.25, 0.3) is 0 Å². The van der Waals surface area contributed by atoms with Gasteiger partial charge in [0.1, 0.15) is 5.82 Å². The smallest absolute Gasteiger partial charge is 0.311 e. The number of allylic oxidation sites excluding steroid dienone is 1. The number of hydrogen-bond acceptors (Lipinski definition) is 1. The molecule has 0 amide bonds. The van der Waals surface area contributed by atoms with Gasteiger partial charge in [0.2, 0.25) is 0 Å². The fourth-order valence-corrected chi connectivity index (χ4v) is 1.23. The van der Waals surface area contributed by atoms with Crippen LogP contribution in [0.2, 0.25) is 0 Å². The maximum absolute atomic E-state index is 12.6. The van der Waals surface area contributed by atoms with Crippen LogP contribution in [0.25, 0.3) is 4.85 Å². The third kappa shape index (κ3) is 2.96. The van der Waals surface area contributed by atoms with Crippen molar-refractivity contribution in [1.82, 2.24) is 0 Å². The minimum atomic E-state index is -1.11. The van der Waals surface area contributed by atoms with Crippen LogP contribution in [-0.2, 0) is 4.79 Å². The van der Waals surface area contributed by atoms with E-state index in [0.29, 0.717) is 5.46 Å². The molecule has 0 saturated heterocycles. The zero-order chi connectivity index (χ0) is 12.1. The van der Waals surface area contributed by atoms with Gasteiger partial charge < -0.3 is 5.11 Å². The number of aliphatic carboxylic acids is 1. The molecule has 0 saturated carbocycles. The van der Waals surface area contributed by atoms with Crippen molar-refractivity contribution in [2.75, 3.05) is 0 Å². The normalized spacial score (nSPS) is 11.3. The fourth-order valence-electron chi connectivity index (χ4n) is 1.23. The van der Waals surface area contributed by atoms with Crippen LogP contribution in [0.15, 0.2) is 35.4 Å². The molecule has 1 N–H and O–H groups in total. The van der Waals surface area contributed by atoms with E-state index in [9.17, 15) is 9.18 Å². The first kappa shape index (κ1) is 12.0. The lowest BCUT2D eigenvalue weighted by molar-refractivity contribution is -0.131. The molecule has 3 nitrogen and oxygen atoms in total. The highest BCUT2D eigenvalue weighted by molar-refractivity contribution is 6.66. The van der Waals surface area contributed by atoms with Crippen LogP contribution < -0.4 is 5.46 Å². The van der Waals surface area contributed by atoms with Gasteiger partial charge >= 0.3 is 5.97 Å². The average molecular weight is 217 g/mol. The number of carbonyl (C=O) groups is 1. The lowest BCUT2D eigenvalue weighted by Crippen LogP contribution is -2.22. The van der Waals surface area contributed by atoms with Crippen LogP contribution in [0.4, 0.5) is 4.39 Å². The summed E-state index contributed by atoms with van der Waals surface area (Å²) < 4.78 is 12.6. The average Bonchev–Trinajstić information content (AvgIpc) is 2.27. The summed E-state index contributed by atoms with van der Waals surface area (Å²) in [5, 5.41) is 8.92. The number of rotatable bonds is 3. The van der Waals surface area contributed by atoms with Crippen molar-refractivity contribution in [3.63, 3.8) is 0 Å². The van der Waals surface area contributed by atoms with Gasteiger partial charge in [0, 0.05) is 5.47 Å². The summed E-state index contributed by atoms with van der Waals surface area (Å²) in [5.41, 5.74) is 0.861. The van der Waals surface area contributed by atoms with Crippen LogP contribution in [0.3, 0.4) is 0 Å². The van der Waals surface area contributed by atoms with E-state index in [1.807, 2.05) is 0 Å². The molecule has 0 unspecified atom stereocenters. The maximum atomic E-state index is 12.6. The first-order chi connectivity index (χ1) is 7.54. The summed E-state index contributed by atoms with van der Waals surface area (Å²) >= 11 is 0. The summed E-state index contributed by atoms with van der Waals surface area (Å²) in [6.45, 7) is 8.23. The van der Waals surface area contributed by atoms with Crippen molar-refractivity contribution in [1.29, 1.82) is 0 Å². The zero-order valence-electron chi connectivity index (χ0n) is 8.70. The lowest BCUT2D eigenvalue weighted by Gasteiger charge is -2.02. The molecule has 1 aromatic carbocycles. The zero-order valence-corrected chi connectivity index (χ0v) is 8.70. The van der Waals surface area contributed by atoms with Gasteiger partial charge in [-0.05, 0) is 19.1 Å². The highest BCUT2D eigenvalue weighted by Gasteiger charge is 2.13. The van der Waals surface area contributed by atoms with Crippen LogP contribution in [0, 0.1) is 12.4 Å². The largest absolute Gasteiger partial charge is 0.479 e. The molecule has 0 spiro atoms. The monoisotopic (exact) mass is 217 g/mol. The molecule has 0 aromatic heterocycles. The molecule has 0 radical (unpaired) electrons. The Hall–Kier alpha value is -2.09. The molecule has 0 aliphatic carbocycles. The Kier molecular flexibility index (Phi) is 3.84. The van der Waals surface area contributed by atoms with Crippen molar-refractivity contribution in [2.24, 2.45) is 0 Å². The number of hydrogen-bond donors (Lipinski definition) is 1. The predicted octanol–water partition coefficient (Wildman–Crippen LogP) is 1.12. The maximum Gasteiger partial charge on any atom is 0.311 e. The number of halogens is 1. The van der Waals surface area contributed by atoms with Crippen LogP contribution in [0.1, 0.15) is 6.92 Å². The molecule has 1 rings (SSSR count). The van der Waals surface area contributed by atoms with E-state index in [2.05, 4.69) is 4.85 Å². The van der Waals surface area contributed by atoms with E-state index >= 15 is 0 Å². The Morgan fingerprint density at radius 3 is 2.44 bits per heavy atom. The topological polar surface area (TPSA) is 41.7 Å². The molecule has 0 heterocycles. The van der Waals surface area contributed by atoms with E-state index in [0.717, 1.165) is 0 Å². The quantitative estimate of drug-likeness (QED) is 0.468. The summed E-state index contributed by atoms with van der Waals surface area (Å²) in [5.74, 6) is -1.48. The molecule has 0 fully saturated rings. The van der Waals surface area contributed by atoms with Gasteiger partial charge in [0.15, 0.2) is 13.0 Å². The molecular weight excluding hydrogens is 208 g/mol. The van der Waals surface area contributed by atoms with Crippen molar-refractivity contribution in [3.05, 3.63) is 52.7 Å². The standard InChI is InChI=1S/C11H9BFNO2/c1-7(14-2)10(11(15)16)12-8-3-5-9(13)6-4-8/h3-6,12H,1H3,(H,15,16)/b10-7+. The summed E-state index contributed by atoms with van der Waals surface area (Å²) in [7, 11) is 0.129. The molecule has 0 aliphatic rings. The number of benzene rings is 1. The highest BCUT2D eigenvalue weighted by Crippen LogP contribution is 2.04. The van der Waals surface area contributed by atoms with Gasteiger partial charge in [0.05, 0.1) is 6.57 Å². The SMILES string of the molecule is [C-]#[N+]/C(C)=C(/Bc1ccc(F)cc1)C(=O)O. The Balaban J connectivity index is 2.99. The van der Waals surface area contributed by atoms with Gasteiger partial charge in [-0.3, -0.25) is 0 Å². The first-order valence-electron chi connectivity index (χ1n) is 4.59. The second kappa shape index (κ2) is 5.12. The van der Waals surface area contributed by atoms with Crippen LogP contribution in [-0.4, -0.2) is 18.4 Å². The van der Waals surface area contributed by atoms with Gasteiger partial charge in [-0.1, -0.05) is 17.6 Å². The van der Waals surface area contributed by atoms with Gasteiger partial charge in [-0.25, -0.2) is 14.0 Å². The molecule has 1 aromatic rings. The summed E-state index contributed by atoms with van der Waals surface area (Å²) in [6.07, 6.45) is 0.